The monoisotopic (exact) mass is 280 g/mol. The fourth-order valence-corrected chi connectivity index (χ4v) is 2.42. The van der Waals surface area contributed by atoms with Gasteiger partial charge in [0.25, 0.3) is 0 Å². The third-order valence-corrected chi connectivity index (χ3v) is 3.52. The lowest BCUT2D eigenvalue weighted by molar-refractivity contribution is -0.119. The van der Waals surface area contributed by atoms with Crippen molar-refractivity contribution in [2.24, 2.45) is 5.92 Å². The molecule has 0 saturated carbocycles. The van der Waals surface area contributed by atoms with Gasteiger partial charge in [-0.3, -0.25) is 4.79 Å². The van der Waals surface area contributed by atoms with Crippen LogP contribution in [-0.4, -0.2) is 29.6 Å². The summed E-state index contributed by atoms with van der Waals surface area (Å²) in [4.78, 5) is 23.2. The number of carbonyl (C=O) groups excluding carboxylic acids is 1. The normalized spacial score (nSPS) is 22.3. The molecule has 2 unspecified atom stereocenters. The van der Waals surface area contributed by atoms with Gasteiger partial charge in [0.2, 0.25) is 5.91 Å². The molecule has 0 aromatic heterocycles. The molecule has 1 amide bonds. The predicted octanol–water partition coefficient (Wildman–Crippen LogP) is 1.85. The zero-order valence-corrected chi connectivity index (χ0v) is 11.1. The van der Waals surface area contributed by atoms with Crippen LogP contribution >= 0.6 is 0 Å². The zero-order valence-electron chi connectivity index (χ0n) is 11.1. The van der Waals surface area contributed by atoms with Crippen molar-refractivity contribution < 1.29 is 19.1 Å². The van der Waals surface area contributed by atoms with Crippen LogP contribution in [0, 0.1) is 11.7 Å². The Morgan fingerprint density at radius 1 is 1.45 bits per heavy atom. The molecule has 2 rings (SSSR count). The minimum atomic E-state index is -1.20. The number of halogens is 1. The number of benzene rings is 1. The Morgan fingerprint density at radius 2 is 2.20 bits per heavy atom. The average molecular weight is 280 g/mol. The summed E-state index contributed by atoms with van der Waals surface area (Å²) < 4.78 is 13.2. The standard InChI is InChI=1S/C14H17FN2O3/c1-8-3-2-6-16-12(8)13(18)17-11-7-9(15)4-5-10(11)14(19)20/h4-5,7-8,12,16H,2-3,6H2,1H3,(H,17,18)(H,19,20). The van der Waals surface area contributed by atoms with E-state index in [0.29, 0.717) is 0 Å². The molecule has 108 valence electrons. The maximum atomic E-state index is 13.2. The fraction of sp³-hybridized carbons (Fsp3) is 0.429. The second-order valence-electron chi connectivity index (χ2n) is 5.04. The van der Waals surface area contributed by atoms with Gasteiger partial charge in [-0.15, -0.1) is 0 Å². The van der Waals surface area contributed by atoms with Gasteiger partial charge >= 0.3 is 5.97 Å². The van der Waals surface area contributed by atoms with E-state index in [4.69, 9.17) is 5.11 Å². The second kappa shape index (κ2) is 6.00. The Kier molecular flexibility index (Phi) is 4.34. The Hall–Kier alpha value is -1.95. The van der Waals surface area contributed by atoms with E-state index < -0.39 is 11.8 Å². The summed E-state index contributed by atoms with van der Waals surface area (Å²) in [5.74, 6) is -1.96. The molecule has 1 aromatic rings. The number of aromatic carboxylic acids is 1. The summed E-state index contributed by atoms with van der Waals surface area (Å²) in [5.41, 5.74) is -0.134. The summed E-state index contributed by atoms with van der Waals surface area (Å²) in [6.45, 7) is 2.71. The molecule has 1 fully saturated rings. The molecule has 0 bridgehead atoms. The van der Waals surface area contributed by atoms with E-state index in [-0.39, 0.29) is 29.1 Å². The van der Waals surface area contributed by atoms with Gasteiger partial charge in [0.1, 0.15) is 5.82 Å². The minimum absolute atomic E-state index is 0.0120. The number of hydrogen-bond acceptors (Lipinski definition) is 3. The molecule has 0 radical (unpaired) electrons. The number of anilines is 1. The van der Waals surface area contributed by atoms with Crippen molar-refractivity contribution in [2.75, 3.05) is 11.9 Å². The van der Waals surface area contributed by atoms with E-state index in [1.807, 2.05) is 6.92 Å². The molecule has 1 saturated heterocycles. The van der Waals surface area contributed by atoms with Crippen LogP contribution in [0.5, 0.6) is 0 Å². The third-order valence-electron chi connectivity index (χ3n) is 3.52. The van der Waals surface area contributed by atoms with Crippen molar-refractivity contribution in [1.29, 1.82) is 0 Å². The first-order chi connectivity index (χ1) is 9.49. The Morgan fingerprint density at radius 3 is 2.85 bits per heavy atom. The van der Waals surface area contributed by atoms with Crippen molar-refractivity contribution in [3.05, 3.63) is 29.6 Å². The van der Waals surface area contributed by atoms with Crippen LogP contribution in [-0.2, 0) is 4.79 Å². The SMILES string of the molecule is CC1CCCNC1C(=O)Nc1cc(F)ccc1C(=O)O. The molecule has 6 heteroatoms. The van der Waals surface area contributed by atoms with Gasteiger partial charge in [-0.1, -0.05) is 6.92 Å². The van der Waals surface area contributed by atoms with Crippen molar-refractivity contribution >= 4 is 17.6 Å². The van der Waals surface area contributed by atoms with Crippen molar-refractivity contribution in [3.63, 3.8) is 0 Å². The summed E-state index contributed by atoms with van der Waals surface area (Å²) in [6, 6.07) is 2.84. The van der Waals surface area contributed by atoms with Gasteiger partial charge in [-0.05, 0) is 43.5 Å². The van der Waals surface area contributed by atoms with Gasteiger partial charge in [0.05, 0.1) is 17.3 Å². The number of carboxylic acid groups (broad SMARTS) is 1. The number of piperidine rings is 1. The van der Waals surface area contributed by atoms with E-state index in [1.165, 1.54) is 0 Å². The molecule has 0 aliphatic carbocycles. The van der Waals surface area contributed by atoms with Crippen LogP contribution in [0.4, 0.5) is 10.1 Å². The number of hydrogen-bond donors (Lipinski definition) is 3. The lowest BCUT2D eigenvalue weighted by Crippen LogP contribution is -2.48. The van der Waals surface area contributed by atoms with Gasteiger partial charge in [0.15, 0.2) is 0 Å². The highest BCUT2D eigenvalue weighted by molar-refractivity contribution is 6.02. The number of nitrogens with one attached hydrogen (secondary N) is 2. The highest BCUT2D eigenvalue weighted by Crippen LogP contribution is 2.20. The Bertz CT molecular complexity index is 533. The van der Waals surface area contributed by atoms with Gasteiger partial charge < -0.3 is 15.7 Å². The Labute approximate surface area is 116 Å². The molecule has 1 aliphatic heterocycles. The lowest BCUT2D eigenvalue weighted by atomic mass is 9.92. The third kappa shape index (κ3) is 3.14. The van der Waals surface area contributed by atoms with Crippen LogP contribution in [0.1, 0.15) is 30.1 Å². The largest absolute Gasteiger partial charge is 0.478 e. The van der Waals surface area contributed by atoms with Crippen LogP contribution < -0.4 is 10.6 Å². The molecule has 1 aliphatic rings. The fourth-order valence-electron chi connectivity index (χ4n) is 2.42. The van der Waals surface area contributed by atoms with E-state index in [2.05, 4.69) is 10.6 Å². The van der Waals surface area contributed by atoms with E-state index >= 15 is 0 Å². The number of rotatable bonds is 3. The van der Waals surface area contributed by atoms with Crippen molar-refractivity contribution in [3.8, 4) is 0 Å². The maximum Gasteiger partial charge on any atom is 0.337 e. The summed E-state index contributed by atoms with van der Waals surface area (Å²) in [7, 11) is 0. The summed E-state index contributed by atoms with van der Waals surface area (Å²) >= 11 is 0. The van der Waals surface area contributed by atoms with E-state index in [1.54, 1.807) is 0 Å². The second-order valence-corrected chi connectivity index (χ2v) is 5.04. The number of amides is 1. The van der Waals surface area contributed by atoms with Gasteiger partial charge in [-0.25, -0.2) is 9.18 Å². The first-order valence-electron chi connectivity index (χ1n) is 6.56. The molecule has 0 spiro atoms. The summed E-state index contributed by atoms with van der Waals surface area (Å²) in [6.07, 6.45) is 1.94. The van der Waals surface area contributed by atoms with Gasteiger partial charge in [0, 0.05) is 0 Å². The van der Waals surface area contributed by atoms with Crippen LogP contribution in [0.2, 0.25) is 0 Å². The van der Waals surface area contributed by atoms with Crippen LogP contribution in [0.15, 0.2) is 18.2 Å². The molecule has 2 atom stereocenters. The quantitative estimate of drug-likeness (QED) is 0.789. The van der Waals surface area contributed by atoms with Crippen molar-refractivity contribution in [1.82, 2.24) is 5.32 Å². The number of carbonyl (C=O) groups is 2. The number of carboxylic acids is 1. The molecular weight excluding hydrogens is 263 g/mol. The molecule has 20 heavy (non-hydrogen) atoms. The van der Waals surface area contributed by atoms with E-state index in [0.717, 1.165) is 37.6 Å². The van der Waals surface area contributed by atoms with Crippen LogP contribution in [0.25, 0.3) is 0 Å². The Balaban J connectivity index is 2.18. The summed E-state index contributed by atoms with van der Waals surface area (Å²) in [5, 5.41) is 14.7. The lowest BCUT2D eigenvalue weighted by Gasteiger charge is -2.29. The van der Waals surface area contributed by atoms with Crippen molar-refractivity contribution in [2.45, 2.75) is 25.8 Å². The molecule has 1 aromatic carbocycles. The van der Waals surface area contributed by atoms with Gasteiger partial charge in [-0.2, -0.15) is 0 Å². The minimum Gasteiger partial charge on any atom is -0.478 e. The average Bonchev–Trinajstić information content (AvgIpc) is 2.38. The first-order valence-corrected chi connectivity index (χ1v) is 6.56. The maximum absolute atomic E-state index is 13.2. The predicted molar refractivity (Wildman–Crippen MR) is 72.2 cm³/mol. The van der Waals surface area contributed by atoms with E-state index in [9.17, 15) is 14.0 Å². The molecule has 3 N–H and O–H groups in total. The molecule has 1 heterocycles. The molecule has 5 nitrogen and oxygen atoms in total. The first kappa shape index (κ1) is 14.5. The smallest absolute Gasteiger partial charge is 0.337 e. The highest BCUT2D eigenvalue weighted by Gasteiger charge is 2.28. The molecular formula is C14H17FN2O3. The topological polar surface area (TPSA) is 78.4 Å². The highest BCUT2D eigenvalue weighted by atomic mass is 19.1. The van der Waals surface area contributed by atoms with Crippen LogP contribution in [0.3, 0.4) is 0 Å². The zero-order chi connectivity index (χ0) is 14.7.